The van der Waals surface area contributed by atoms with Crippen molar-refractivity contribution >= 4 is 5.78 Å². The van der Waals surface area contributed by atoms with Crippen molar-refractivity contribution in [3.63, 3.8) is 0 Å². The summed E-state index contributed by atoms with van der Waals surface area (Å²) < 4.78 is 0. The van der Waals surface area contributed by atoms with E-state index in [1.54, 1.807) is 6.08 Å². The molecule has 0 amide bonds. The van der Waals surface area contributed by atoms with Crippen LogP contribution in [0.25, 0.3) is 0 Å². The number of rotatable bonds is 4. The van der Waals surface area contributed by atoms with E-state index in [1.165, 1.54) is 0 Å². The lowest BCUT2D eigenvalue weighted by atomic mass is 9.43. The zero-order valence-electron chi connectivity index (χ0n) is 20.9. The summed E-state index contributed by atoms with van der Waals surface area (Å²) in [6, 6.07) is 0. The van der Waals surface area contributed by atoms with Crippen molar-refractivity contribution in [2.45, 2.75) is 104 Å². The van der Waals surface area contributed by atoms with Crippen molar-refractivity contribution in [1.29, 1.82) is 0 Å². The summed E-state index contributed by atoms with van der Waals surface area (Å²) in [5.41, 5.74) is -2.90. The van der Waals surface area contributed by atoms with E-state index in [-0.39, 0.29) is 23.5 Å². The molecule has 180 valence electrons. The molecule has 0 saturated heterocycles. The first kappa shape index (κ1) is 24.2. The van der Waals surface area contributed by atoms with E-state index in [9.17, 15) is 20.1 Å². The molecule has 4 nitrogen and oxygen atoms in total. The number of ketones is 1. The van der Waals surface area contributed by atoms with Crippen molar-refractivity contribution in [3.8, 4) is 0 Å². The quantitative estimate of drug-likeness (QED) is 0.543. The minimum atomic E-state index is -1.68. The Balaban J connectivity index is 1.67. The molecule has 3 saturated carbocycles. The van der Waals surface area contributed by atoms with E-state index in [0.717, 1.165) is 24.8 Å². The van der Waals surface area contributed by atoms with E-state index in [0.29, 0.717) is 42.9 Å². The Morgan fingerprint density at radius 1 is 0.969 bits per heavy atom. The fourth-order valence-corrected chi connectivity index (χ4v) is 7.91. The third kappa shape index (κ3) is 3.15. The predicted octanol–water partition coefficient (Wildman–Crippen LogP) is 4.82. The molecular formula is C28H44O4. The number of fused-ring (bicyclic) bond motifs is 5. The highest BCUT2D eigenvalue weighted by Gasteiger charge is 2.71. The van der Waals surface area contributed by atoms with Crippen LogP contribution in [0.15, 0.2) is 23.8 Å². The van der Waals surface area contributed by atoms with Gasteiger partial charge in [-0.1, -0.05) is 53.7 Å². The van der Waals surface area contributed by atoms with E-state index < -0.39 is 22.7 Å². The summed E-state index contributed by atoms with van der Waals surface area (Å²) in [4.78, 5) is 13.3. The van der Waals surface area contributed by atoms with Gasteiger partial charge in [0.05, 0.1) is 11.7 Å². The molecule has 3 N–H and O–H groups in total. The van der Waals surface area contributed by atoms with Crippen LogP contribution in [-0.2, 0) is 4.79 Å². The van der Waals surface area contributed by atoms with Crippen LogP contribution < -0.4 is 0 Å². The first-order valence-electron chi connectivity index (χ1n) is 12.9. The summed E-state index contributed by atoms with van der Waals surface area (Å²) in [5, 5.41) is 33.9. The van der Waals surface area contributed by atoms with Crippen molar-refractivity contribution in [2.75, 3.05) is 0 Å². The van der Waals surface area contributed by atoms with Gasteiger partial charge in [-0.2, -0.15) is 0 Å². The second kappa shape index (κ2) is 7.78. The molecule has 3 fully saturated rings. The lowest BCUT2D eigenvalue weighted by Gasteiger charge is -2.63. The first-order chi connectivity index (χ1) is 14.8. The van der Waals surface area contributed by atoms with Gasteiger partial charge in [0.15, 0.2) is 5.78 Å². The van der Waals surface area contributed by atoms with Gasteiger partial charge in [-0.15, -0.1) is 0 Å². The second-order valence-electron chi connectivity index (χ2n) is 12.5. The van der Waals surface area contributed by atoms with Crippen molar-refractivity contribution in [1.82, 2.24) is 0 Å². The van der Waals surface area contributed by atoms with Crippen LogP contribution in [0.1, 0.15) is 86.5 Å². The Kier molecular flexibility index (Phi) is 5.88. The van der Waals surface area contributed by atoms with Crippen LogP contribution >= 0.6 is 0 Å². The Hall–Kier alpha value is -0.970. The standard InChI is InChI=1S/C28H44O4/c1-17(2)18(3)7-8-19(4)21-9-10-22-23-15-24(30)28(32)16-20(29)11-12-26(28,6)27(23,31)14-13-25(21,22)5/h7-8,15,17-22,29,31-32H,9-14,16H2,1-6H3/b8-7+/t18-,19+,20-,21+,22-,25+,26+,27+,28-/m0/s1. The van der Waals surface area contributed by atoms with Gasteiger partial charge in [-0.25, -0.2) is 0 Å². The van der Waals surface area contributed by atoms with E-state index in [4.69, 9.17) is 0 Å². The van der Waals surface area contributed by atoms with Crippen molar-refractivity contribution < 1.29 is 20.1 Å². The molecule has 0 spiro atoms. The third-order valence-corrected chi connectivity index (χ3v) is 10.7. The number of carbonyl (C=O) groups is 1. The zero-order chi connectivity index (χ0) is 23.7. The molecule has 0 radical (unpaired) electrons. The number of allylic oxidation sites excluding steroid dienone is 2. The van der Waals surface area contributed by atoms with Crippen LogP contribution in [0, 0.1) is 40.4 Å². The fraction of sp³-hybridized carbons (Fsp3) is 0.821. The Morgan fingerprint density at radius 2 is 1.66 bits per heavy atom. The minimum absolute atomic E-state index is 0.0227. The molecule has 0 unspecified atom stereocenters. The molecule has 0 aromatic carbocycles. The van der Waals surface area contributed by atoms with E-state index in [2.05, 4.69) is 46.8 Å². The maximum Gasteiger partial charge on any atom is 0.188 e. The van der Waals surface area contributed by atoms with Gasteiger partial charge >= 0.3 is 0 Å². The highest BCUT2D eigenvalue weighted by atomic mass is 16.3. The smallest absolute Gasteiger partial charge is 0.188 e. The number of carbonyl (C=O) groups excluding carboxylic acids is 1. The van der Waals surface area contributed by atoms with E-state index >= 15 is 0 Å². The van der Waals surface area contributed by atoms with Crippen molar-refractivity contribution in [3.05, 3.63) is 23.8 Å². The second-order valence-corrected chi connectivity index (χ2v) is 12.5. The lowest BCUT2D eigenvalue weighted by molar-refractivity contribution is -0.223. The van der Waals surface area contributed by atoms with Crippen LogP contribution in [0.4, 0.5) is 0 Å². The Bertz CT molecular complexity index is 829. The summed E-state index contributed by atoms with van der Waals surface area (Å²) in [7, 11) is 0. The summed E-state index contributed by atoms with van der Waals surface area (Å²) in [6.07, 6.45) is 10.2. The number of aliphatic hydroxyl groups excluding tert-OH is 1. The third-order valence-electron chi connectivity index (χ3n) is 10.7. The zero-order valence-corrected chi connectivity index (χ0v) is 20.9. The Morgan fingerprint density at radius 3 is 2.31 bits per heavy atom. The normalized spacial score (nSPS) is 48.2. The van der Waals surface area contributed by atoms with Gasteiger partial charge in [0.1, 0.15) is 5.60 Å². The summed E-state index contributed by atoms with van der Waals surface area (Å²) >= 11 is 0. The molecule has 9 atom stereocenters. The molecule has 0 aliphatic heterocycles. The van der Waals surface area contributed by atoms with Crippen LogP contribution in [0.2, 0.25) is 0 Å². The predicted molar refractivity (Wildman–Crippen MR) is 127 cm³/mol. The average Bonchev–Trinajstić information content (AvgIpc) is 3.07. The van der Waals surface area contributed by atoms with Gasteiger partial charge in [-0.05, 0) is 85.2 Å². The number of hydrogen-bond acceptors (Lipinski definition) is 4. The average molecular weight is 445 g/mol. The molecule has 0 bridgehead atoms. The first-order valence-corrected chi connectivity index (χ1v) is 12.9. The van der Waals surface area contributed by atoms with Gasteiger partial charge in [0, 0.05) is 11.8 Å². The van der Waals surface area contributed by atoms with Crippen LogP contribution in [-0.4, -0.2) is 38.4 Å². The lowest BCUT2D eigenvalue weighted by Crippen LogP contribution is -2.71. The molecule has 4 heteroatoms. The van der Waals surface area contributed by atoms with Gasteiger partial charge in [0.25, 0.3) is 0 Å². The summed E-state index contributed by atoms with van der Waals surface area (Å²) in [5.74, 6) is 2.01. The van der Waals surface area contributed by atoms with Crippen LogP contribution in [0.3, 0.4) is 0 Å². The molecule has 0 aromatic rings. The highest BCUT2D eigenvalue weighted by Crippen LogP contribution is 2.68. The molecule has 4 aliphatic carbocycles. The van der Waals surface area contributed by atoms with Crippen LogP contribution in [0.5, 0.6) is 0 Å². The number of hydrogen-bond donors (Lipinski definition) is 3. The minimum Gasteiger partial charge on any atom is -0.393 e. The molecule has 0 aromatic heterocycles. The van der Waals surface area contributed by atoms with E-state index in [1.807, 2.05) is 6.92 Å². The largest absolute Gasteiger partial charge is 0.393 e. The Labute approximate surface area is 194 Å². The summed E-state index contributed by atoms with van der Waals surface area (Å²) in [6.45, 7) is 13.4. The fourth-order valence-electron chi connectivity index (χ4n) is 7.91. The molecule has 4 aliphatic rings. The molecule has 32 heavy (non-hydrogen) atoms. The number of aliphatic hydroxyl groups is 3. The van der Waals surface area contributed by atoms with Crippen molar-refractivity contribution in [2.24, 2.45) is 40.4 Å². The maximum absolute atomic E-state index is 13.3. The molecular weight excluding hydrogens is 400 g/mol. The SMILES string of the molecule is CC(C)[C@@H](C)/C=C/[C@@H](C)[C@H]1CC[C@H]2C3=CC(=O)[C@@]4(O)C[C@@H](O)CC[C@]4(C)[C@@]3(O)CC[C@]12C. The maximum atomic E-state index is 13.3. The van der Waals surface area contributed by atoms with Gasteiger partial charge < -0.3 is 15.3 Å². The topological polar surface area (TPSA) is 77.8 Å². The monoisotopic (exact) mass is 444 g/mol. The highest BCUT2D eigenvalue weighted by molar-refractivity contribution is 6.00. The molecule has 0 heterocycles. The van der Waals surface area contributed by atoms with Gasteiger partial charge in [0.2, 0.25) is 0 Å². The van der Waals surface area contributed by atoms with Gasteiger partial charge in [-0.3, -0.25) is 4.79 Å². The molecule has 4 rings (SSSR count).